The first-order chi connectivity index (χ1) is 18.9. The van der Waals surface area contributed by atoms with Crippen molar-refractivity contribution >= 4 is 5.97 Å². The summed E-state index contributed by atoms with van der Waals surface area (Å²) >= 11 is 0. The van der Waals surface area contributed by atoms with Crippen molar-refractivity contribution in [3.05, 3.63) is 65.7 Å². The molecule has 0 spiro atoms. The van der Waals surface area contributed by atoms with Crippen LogP contribution in [0, 0.1) is 0 Å². The number of rotatable bonds is 22. The first-order valence-electron chi connectivity index (χ1n) is 15.7. The summed E-state index contributed by atoms with van der Waals surface area (Å²) in [5, 5.41) is 0. The van der Waals surface area contributed by atoms with Crippen LogP contribution in [0.1, 0.15) is 115 Å². The van der Waals surface area contributed by atoms with Crippen LogP contribution in [0.2, 0.25) is 0 Å². The summed E-state index contributed by atoms with van der Waals surface area (Å²) in [5.41, 5.74) is 2.50. The molecule has 0 saturated carbocycles. The molecule has 0 aromatic heterocycles. The molecular formula is C35H56NO3+. The van der Waals surface area contributed by atoms with E-state index in [2.05, 4.69) is 58.3 Å². The lowest BCUT2D eigenvalue weighted by Gasteiger charge is -2.29. The molecule has 2 rings (SSSR count). The molecule has 0 aliphatic rings. The van der Waals surface area contributed by atoms with Crippen molar-refractivity contribution in [3.63, 3.8) is 0 Å². The van der Waals surface area contributed by atoms with Gasteiger partial charge in [-0.15, -0.1) is 0 Å². The Morgan fingerprint density at radius 1 is 0.718 bits per heavy atom. The molecule has 0 N–H and O–H groups in total. The van der Waals surface area contributed by atoms with E-state index in [0.29, 0.717) is 17.4 Å². The summed E-state index contributed by atoms with van der Waals surface area (Å²) in [4.78, 5) is 12.8. The molecule has 0 amide bonds. The maximum atomic E-state index is 12.8. The number of quaternary nitrogens is 1. The SMILES string of the molecule is CCCCCCCCCCCCCCc1cccc(OC(CCC)OC(=O)C[N+](C)(C)Cc2ccccc2)c1. The normalized spacial score (nSPS) is 12.3. The van der Waals surface area contributed by atoms with E-state index in [4.69, 9.17) is 9.47 Å². The maximum absolute atomic E-state index is 12.8. The van der Waals surface area contributed by atoms with Crippen LogP contribution in [0.5, 0.6) is 5.75 Å². The molecule has 1 atom stereocenters. The molecule has 1 unspecified atom stereocenters. The summed E-state index contributed by atoms with van der Waals surface area (Å²) in [6, 6.07) is 18.6. The van der Waals surface area contributed by atoms with Crippen LogP contribution in [0.4, 0.5) is 0 Å². The van der Waals surface area contributed by atoms with Crippen molar-refractivity contribution in [3.8, 4) is 5.75 Å². The van der Waals surface area contributed by atoms with Gasteiger partial charge in [0.1, 0.15) is 12.3 Å². The standard InChI is InChI=1S/C35H56NO3/c1-5-7-8-9-10-11-12-13-14-15-16-18-23-31-26-21-27-33(28-31)38-35(22-6-2)39-34(37)30-36(3,4)29-32-24-19-17-20-25-32/h17,19-21,24-28,35H,5-16,18,22-23,29-30H2,1-4H3/q+1. The van der Waals surface area contributed by atoms with Gasteiger partial charge in [-0.1, -0.05) is 127 Å². The largest absolute Gasteiger partial charge is 0.455 e. The van der Waals surface area contributed by atoms with Crippen molar-refractivity contribution in [2.24, 2.45) is 0 Å². The van der Waals surface area contributed by atoms with Gasteiger partial charge in [0.25, 0.3) is 0 Å². The van der Waals surface area contributed by atoms with Gasteiger partial charge in [-0.25, -0.2) is 4.79 Å². The minimum absolute atomic E-state index is 0.220. The summed E-state index contributed by atoms with van der Waals surface area (Å²) in [7, 11) is 4.12. The number of hydrogen-bond acceptors (Lipinski definition) is 3. The van der Waals surface area contributed by atoms with Gasteiger partial charge in [0, 0.05) is 12.0 Å². The van der Waals surface area contributed by atoms with Crippen molar-refractivity contribution in [2.75, 3.05) is 20.6 Å². The van der Waals surface area contributed by atoms with Crippen LogP contribution in [0.15, 0.2) is 54.6 Å². The van der Waals surface area contributed by atoms with E-state index in [-0.39, 0.29) is 5.97 Å². The highest BCUT2D eigenvalue weighted by Crippen LogP contribution is 2.20. The van der Waals surface area contributed by atoms with Crippen LogP contribution in [0.25, 0.3) is 0 Å². The van der Waals surface area contributed by atoms with Crippen LogP contribution in [-0.4, -0.2) is 37.4 Å². The van der Waals surface area contributed by atoms with Crippen LogP contribution >= 0.6 is 0 Å². The van der Waals surface area contributed by atoms with E-state index >= 15 is 0 Å². The Morgan fingerprint density at radius 3 is 1.92 bits per heavy atom. The van der Waals surface area contributed by atoms with Crippen LogP contribution in [-0.2, 0) is 22.5 Å². The van der Waals surface area contributed by atoms with Crippen LogP contribution in [0.3, 0.4) is 0 Å². The lowest BCUT2D eigenvalue weighted by molar-refractivity contribution is -0.896. The van der Waals surface area contributed by atoms with Gasteiger partial charge in [0.15, 0.2) is 6.54 Å². The second-order valence-electron chi connectivity index (χ2n) is 11.8. The predicted octanol–water partition coefficient (Wildman–Crippen LogP) is 9.26. The molecule has 0 radical (unpaired) electrons. The van der Waals surface area contributed by atoms with Crippen molar-refractivity contribution in [1.82, 2.24) is 0 Å². The molecule has 2 aromatic rings. The Bertz CT molecular complexity index is 896. The molecule has 0 saturated heterocycles. The maximum Gasteiger partial charge on any atom is 0.364 e. The van der Waals surface area contributed by atoms with Gasteiger partial charge in [-0.2, -0.15) is 0 Å². The first kappa shape index (κ1) is 32.9. The molecule has 39 heavy (non-hydrogen) atoms. The highest BCUT2D eigenvalue weighted by molar-refractivity contribution is 5.70. The number of esters is 1. The Morgan fingerprint density at radius 2 is 1.31 bits per heavy atom. The molecule has 2 aromatic carbocycles. The molecule has 0 bridgehead atoms. The van der Waals surface area contributed by atoms with E-state index in [9.17, 15) is 4.79 Å². The third-order valence-corrected chi connectivity index (χ3v) is 7.28. The summed E-state index contributed by atoms with van der Waals surface area (Å²) in [6.07, 6.45) is 18.5. The Kier molecular flexibility index (Phi) is 16.6. The number of unbranched alkanes of at least 4 members (excludes halogenated alkanes) is 11. The second kappa shape index (κ2) is 19.7. The second-order valence-corrected chi connectivity index (χ2v) is 11.8. The van der Waals surface area contributed by atoms with Crippen molar-refractivity contribution in [1.29, 1.82) is 0 Å². The van der Waals surface area contributed by atoms with Crippen molar-refractivity contribution < 1.29 is 18.8 Å². The number of hydrogen-bond donors (Lipinski definition) is 0. The van der Waals surface area contributed by atoms with Gasteiger partial charge >= 0.3 is 5.97 Å². The predicted molar refractivity (Wildman–Crippen MR) is 164 cm³/mol. The van der Waals surface area contributed by atoms with Gasteiger partial charge in [-0.3, -0.25) is 0 Å². The molecule has 0 fully saturated rings. The number of ether oxygens (including phenoxy) is 2. The Hall–Kier alpha value is -2.33. The molecule has 0 heterocycles. The molecular weight excluding hydrogens is 482 g/mol. The fraction of sp³-hybridized carbons (Fsp3) is 0.629. The molecule has 218 valence electrons. The zero-order chi connectivity index (χ0) is 28.2. The summed E-state index contributed by atoms with van der Waals surface area (Å²) < 4.78 is 12.5. The lowest BCUT2D eigenvalue weighted by Crippen LogP contribution is -2.44. The highest BCUT2D eigenvalue weighted by atomic mass is 16.7. The van der Waals surface area contributed by atoms with E-state index in [1.54, 1.807) is 0 Å². The van der Waals surface area contributed by atoms with Crippen LogP contribution < -0.4 is 4.74 Å². The lowest BCUT2D eigenvalue weighted by atomic mass is 10.0. The summed E-state index contributed by atoms with van der Waals surface area (Å²) in [6.45, 7) is 5.44. The number of carbonyl (C=O) groups excluding carboxylic acids is 1. The molecule has 4 nitrogen and oxygen atoms in total. The minimum Gasteiger partial charge on any atom is -0.455 e. The van der Waals surface area contributed by atoms with Gasteiger partial charge in [-0.05, 0) is 37.0 Å². The first-order valence-corrected chi connectivity index (χ1v) is 15.7. The zero-order valence-electron chi connectivity index (χ0n) is 25.5. The van der Waals surface area contributed by atoms with Gasteiger partial charge in [0.05, 0.1) is 14.1 Å². The smallest absolute Gasteiger partial charge is 0.364 e. The van der Waals surface area contributed by atoms with E-state index in [0.717, 1.165) is 25.1 Å². The number of benzene rings is 2. The van der Waals surface area contributed by atoms with Gasteiger partial charge in [0.2, 0.25) is 6.29 Å². The van der Waals surface area contributed by atoms with Crippen molar-refractivity contribution in [2.45, 2.75) is 123 Å². The Labute approximate surface area is 239 Å². The van der Waals surface area contributed by atoms with E-state index in [1.807, 2.05) is 24.3 Å². The number of aryl methyl sites for hydroxylation is 1. The third kappa shape index (κ3) is 15.8. The number of carbonyl (C=O) groups is 1. The fourth-order valence-corrected chi connectivity index (χ4v) is 5.14. The third-order valence-electron chi connectivity index (χ3n) is 7.28. The summed E-state index contributed by atoms with van der Waals surface area (Å²) in [5.74, 6) is 0.567. The highest BCUT2D eigenvalue weighted by Gasteiger charge is 2.25. The average molecular weight is 539 g/mol. The molecule has 0 aliphatic heterocycles. The fourth-order valence-electron chi connectivity index (χ4n) is 5.14. The van der Waals surface area contributed by atoms with E-state index in [1.165, 1.54) is 88.2 Å². The average Bonchev–Trinajstić information content (AvgIpc) is 2.89. The number of likely N-dealkylation sites (N-methyl/N-ethyl adjacent to an activating group) is 1. The topological polar surface area (TPSA) is 35.5 Å². The molecule has 0 aliphatic carbocycles. The minimum atomic E-state index is -0.555. The van der Waals surface area contributed by atoms with Gasteiger partial charge < -0.3 is 14.0 Å². The quantitative estimate of drug-likeness (QED) is 0.0648. The van der Waals surface area contributed by atoms with E-state index < -0.39 is 6.29 Å². The molecule has 4 heteroatoms. The number of nitrogens with zero attached hydrogens (tertiary/aromatic N) is 1. The monoisotopic (exact) mass is 538 g/mol. The Balaban J connectivity index is 1.69. The zero-order valence-corrected chi connectivity index (χ0v) is 25.5.